The Bertz CT molecular complexity index is 887. The van der Waals surface area contributed by atoms with Crippen molar-refractivity contribution in [3.63, 3.8) is 0 Å². The standard InChI is InChI=1S/C19H20N2O3/c1-2-14-15(11-22)21-9-5-8-17(19(21)20-14)24-18-13-7-4-3-6-12(13)10-16(18)23/h3-9,16,18,22-23H,2,10-11H2,1H3. The van der Waals surface area contributed by atoms with Gasteiger partial charge in [0.1, 0.15) is 0 Å². The van der Waals surface area contributed by atoms with Crippen LogP contribution in [0.15, 0.2) is 42.6 Å². The molecule has 4 rings (SSSR count). The summed E-state index contributed by atoms with van der Waals surface area (Å²) in [6, 6.07) is 11.7. The third kappa shape index (κ3) is 2.28. The number of pyridine rings is 1. The molecule has 5 nitrogen and oxygen atoms in total. The van der Waals surface area contributed by atoms with Crippen LogP contribution in [0.3, 0.4) is 0 Å². The molecule has 5 heteroatoms. The van der Waals surface area contributed by atoms with Gasteiger partial charge in [-0.25, -0.2) is 4.98 Å². The predicted molar refractivity (Wildman–Crippen MR) is 90.0 cm³/mol. The van der Waals surface area contributed by atoms with Crippen molar-refractivity contribution in [3.8, 4) is 5.75 Å². The monoisotopic (exact) mass is 324 g/mol. The van der Waals surface area contributed by atoms with Crippen LogP contribution in [0.5, 0.6) is 5.75 Å². The number of rotatable bonds is 4. The summed E-state index contributed by atoms with van der Waals surface area (Å²) in [6.07, 6.45) is 2.25. The van der Waals surface area contributed by atoms with Gasteiger partial charge in [-0.1, -0.05) is 31.2 Å². The molecule has 0 spiro atoms. The molecule has 2 unspecified atom stereocenters. The maximum absolute atomic E-state index is 10.4. The first-order chi connectivity index (χ1) is 11.7. The Morgan fingerprint density at radius 2 is 2.08 bits per heavy atom. The highest BCUT2D eigenvalue weighted by Crippen LogP contribution is 2.36. The van der Waals surface area contributed by atoms with Gasteiger partial charge in [0.15, 0.2) is 17.5 Å². The molecule has 0 bridgehead atoms. The first kappa shape index (κ1) is 15.2. The van der Waals surface area contributed by atoms with Crippen LogP contribution in [0.4, 0.5) is 0 Å². The summed E-state index contributed by atoms with van der Waals surface area (Å²) in [7, 11) is 0. The lowest BCUT2D eigenvalue weighted by Crippen LogP contribution is -2.19. The van der Waals surface area contributed by atoms with Crippen LogP contribution >= 0.6 is 0 Å². The van der Waals surface area contributed by atoms with Gasteiger partial charge in [0.2, 0.25) is 0 Å². The molecule has 2 atom stereocenters. The highest BCUT2D eigenvalue weighted by Gasteiger charge is 2.33. The number of hydrogen-bond acceptors (Lipinski definition) is 4. The minimum Gasteiger partial charge on any atom is -0.479 e. The number of aryl methyl sites for hydroxylation is 1. The van der Waals surface area contributed by atoms with E-state index < -0.39 is 12.2 Å². The lowest BCUT2D eigenvalue weighted by molar-refractivity contribution is 0.0502. The number of imidazole rings is 1. The summed E-state index contributed by atoms with van der Waals surface area (Å²) in [6.45, 7) is 1.95. The fraction of sp³-hybridized carbons (Fsp3) is 0.316. The normalized spacial score (nSPS) is 19.6. The van der Waals surface area contributed by atoms with E-state index in [1.165, 1.54) is 0 Å². The minimum atomic E-state index is -0.569. The first-order valence-electron chi connectivity index (χ1n) is 8.25. The van der Waals surface area contributed by atoms with Crippen molar-refractivity contribution in [1.29, 1.82) is 0 Å². The number of aromatic nitrogens is 2. The summed E-state index contributed by atoms with van der Waals surface area (Å²) in [5.74, 6) is 0.618. The Morgan fingerprint density at radius 1 is 1.25 bits per heavy atom. The maximum Gasteiger partial charge on any atom is 0.180 e. The molecular weight excluding hydrogens is 304 g/mol. The van der Waals surface area contributed by atoms with Gasteiger partial charge in [-0.3, -0.25) is 4.40 Å². The SMILES string of the molecule is CCc1nc2c(OC3c4ccccc4CC3O)cccn2c1CO. The average molecular weight is 324 g/mol. The van der Waals surface area contributed by atoms with E-state index in [2.05, 4.69) is 4.98 Å². The zero-order chi connectivity index (χ0) is 16.7. The fourth-order valence-electron chi connectivity index (χ4n) is 3.50. The van der Waals surface area contributed by atoms with Crippen LogP contribution < -0.4 is 4.74 Å². The predicted octanol–water partition coefficient (Wildman–Crippen LogP) is 2.43. The zero-order valence-electron chi connectivity index (χ0n) is 13.5. The number of aliphatic hydroxyl groups is 2. The quantitative estimate of drug-likeness (QED) is 0.773. The highest BCUT2D eigenvalue weighted by molar-refractivity contribution is 5.56. The molecule has 1 aliphatic rings. The Labute approximate surface area is 140 Å². The number of benzene rings is 1. The lowest BCUT2D eigenvalue weighted by Gasteiger charge is -2.18. The van der Waals surface area contributed by atoms with Gasteiger partial charge in [-0.2, -0.15) is 0 Å². The number of hydrogen-bond donors (Lipinski definition) is 2. The summed E-state index contributed by atoms with van der Waals surface area (Å²) >= 11 is 0. The highest BCUT2D eigenvalue weighted by atomic mass is 16.5. The van der Waals surface area contributed by atoms with Gasteiger partial charge in [0, 0.05) is 12.6 Å². The average Bonchev–Trinajstić information content (AvgIpc) is 3.13. The number of fused-ring (bicyclic) bond motifs is 2. The minimum absolute atomic E-state index is 0.0668. The molecule has 0 aliphatic heterocycles. The largest absolute Gasteiger partial charge is 0.479 e. The van der Waals surface area contributed by atoms with Gasteiger partial charge in [-0.05, 0) is 29.7 Å². The van der Waals surface area contributed by atoms with Crippen molar-refractivity contribution in [1.82, 2.24) is 9.38 Å². The molecule has 0 saturated heterocycles. The zero-order valence-corrected chi connectivity index (χ0v) is 13.5. The molecule has 2 heterocycles. The molecule has 0 fully saturated rings. The van der Waals surface area contributed by atoms with Crippen molar-refractivity contribution >= 4 is 5.65 Å². The van der Waals surface area contributed by atoms with E-state index in [4.69, 9.17) is 4.74 Å². The van der Waals surface area contributed by atoms with Gasteiger partial charge in [-0.15, -0.1) is 0 Å². The molecule has 124 valence electrons. The Morgan fingerprint density at radius 3 is 2.88 bits per heavy atom. The molecule has 0 radical (unpaired) electrons. The summed E-state index contributed by atoms with van der Waals surface area (Å²) in [5, 5.41) is 20.0. The third-order valence-electron chi connectivity index (χ3n) is 4.67. The van der Waals surface area contributed by atoms with Crippen molar-refractivity contribution < 1.29 is 14.9 Å². The molecular formula is C19H20N2O3. The van der Waals surface area contributed by atoms with Gasteiger partial charge >= 0.3 is 0 Å². The Balaban J connectivity index is 1.77. The van der Waals surface area contributed by atoms with E-state index in [0.717, 1.165) is 28.9 Å². The Hall–Kier alpha value is -2.37. The van der Waals surface area contributed by atoms with Crippen LogP contribution in [0.25, 0.3) is 5.65 Å². The molecule has 2 N–H and O–H groups in total. The summed E-state index contributed by atoms with van der Waals surface area (Å²) in [4.78, 5) is 4.62. The van der Waals surface area contributed by atoms with Crippen LogP contribution in [-0.4, -0.2) is 25.7 Å². The number of nitrogens with zero attached hydrogens (tertiary/aromatic N) is 2. The maximum atomic E-state index is 10.4. The van der Waals surface area contributed by atoms with Crippen molar-refractivity contribution in [2.45, 2.75) is 38.6 Å². The van der Waals surface area contributed by atoms with Crippen molar-refractivity contribution in [3.05, 3.63) is 65.1 Å². The Kier molecular flexibility index (Phi) is 3.75. The van der Waals surface area contributed by atoms with Crippen molar-refractivity contribution in [2.24, 2.45) is 0 Å². The molecule has 1 aromatic carbocycles. The topological polar surface area (TPSA) is 67.0 Å². The molecule has 0 saturated carbocycles. The van der Waals surface area contributed by atoms with E-state index in [-0.39, 0.29) is 6.61 Å². The second kappa shape index (κ2) is 5.92. The van der Waals surface area contributed by atoms with E-state index in [9.17, 15) is 10.2 Å². The van der Waals surface area contributed by atoms with Gasteiger partial charge in [0.25, 0.3) is 0 Å². The molecule has 2 aromatic heterocycles. The molecule has 1 aliphatic carbocycles. The van der Waals surface area contributed by atoms with Crippen molar-refractivity contribution in [2.75, 3.05) is 0 Å². The number of aliphatic hydroxyl groups excluding tert-OH is 2. The van der Waals surface area contributed by atoms with E-state index >= 15 is 0 Å². The van der Waals surface area contributed by atoms with E-state index in [1.807, 2.05) is 53.9 Å². The van der Waals surface area contributed by atoms with Gasteiger partial charge < -0.3 is 14.9 Å². The fourth-order valence-corrected chi connectivity index (χ4v) is 3.50. The lowest BCUT2D eigenvalue weighted by atomic mass is 10.1. The summed E-state index contributed by atoms with van der Waals surface area (Å²) < 4.78 is 8.03. The molecule has 3 aromatic rings. The third-order valence-corrected chi connectivity index (χ3v) is 4.67. The van der Waals surface area contributed by atoms with E-state index in [1.54, 1.807) is 0 Å². The second-order valence-electron chi connectivity index (χ2n) is 6.09. The first-order valence-corrected chi connectivity index (χ1v) is 8.25. The van der Waals surface area contributed by atoms with E-state index in [0.29, 0.717) is 17.8 Å². The molecule has 0 amide bonds. The van der Waals surface area contributed by atoms with Gasteiger partial charge in [0.05, 0.1) is 24.1 Å². The smallest absolute Gasteiger partial charge is 0.180 e. The van der Waals surface area contributed by atoms with Crippen LogP contribution in [0, 0.1) is 0 Å². The second-order valence-corrected chi connectivity index (χ2v) is 6.09. The number of ether oxygens (including phenoxy) is 1. The van der Waals surface area contributed by atoms with Crippen LogP contribution in [-0.2, 0) is 19.4 Å². The molecule has 24 heavy (non-hydrogen) atoms. The summed E-state index contributed by atoms with van der Waals surface area (Å²) in [5.41, 5.74) is 4.47. The van der Waals surface area contributed by atoms with Crippen LogP contribution in [0.1, 0.15) is 35.5 Å². The van der Waals surface area contributed by atoms with Crippen LogP contribution in [0.2, 0.25) is 0 Å².